The Morgan fingerprint density at radius 3 is 1.93 bits per heavy atom. The SMILES string of the molecule is COc1cc(/C=[13CH]/[13C](=O)[13CH](Cc2cn(Cc3ccccc3)nn2)[13C](=O)/[13CH]=C/c2ccc(O)c(OC)c2)ccc1O. The number of hydrogen-bond acceptors (Lipinski definition) is 8. The van der Waals surface area contributed by atoms with Gasteiger partial charge in [0.25, 0.3) is 0 Å². The van der Waals surface area contributed by atoms with Crippen LogP contribution in [0.2, 0.25) is 0 Å². The van der Waals surface area contributed by atoms with Crippen LogP contribution in [0.5, 0.6) is 23.0 Å². The molecule has 0 amide bonds. The molecule has 0 radical (unpaired) electrons. The smallest absolute Gasteiger partial charge is 0.166 e. The van der Waals surface area contributed by atoms with Gasteiger partial charge in [-0.3, -0.25) is 9.59 Å². The number of methoxy groups -OCH3 is 2. The molecule has 1 aromatic heterocycles. The molecule has 0 atom stereocenters. The van der Waals surface area contributed by atoms with Crippen LogP contribution in [0.25, 0.3) is 12.2 Å². The fraction of sp³-hybridized carbons (Fsp3) is 0.161. The molecule has 0 spiro atoms. The first-order chi connectivity index (χ1) is 19.4. The van der Waals surface area contributed by atoms with Crippen molar-refractivity contribution in [3.8, 4) is 23.0 Å². The van der Waals surface area contributed by atoms with E-state index in [0.29, 0.717) is 23.4 Å². The van der Waals surface area contributed by atoms with Crippen molar-refractivity contribution in [1.82, 2.24) is 15.0 Å². The second kappa shape index (κ2) is 13.1. The Balaban J connectivity index is 1.56. The highest BCUT2D eigenvalue weighted by molar-refractivity contribution is 6.13. The second-order valence-corrected chi connectivity index (χ2v) is 8.98. The molecule has 9 nitrogen and oxygen atoms in total. The summed E-state index contributed by atoms with van der Waals surface area (Å²) >= 11 is 0. The van der Waals surface area contributed by atoms with Gasteiger partial charge in [-0.1, -0.05) is 59.8 Å². The summed E-state index contributed by atoms with van der Waals surface area (Å²) in [6.45, 7) is 0.506. The summed E-state index contributed by atoms with van der Waals surface area (Å²) in [4.78, 5) is 26.6. The molecule has 4 aromatic rings. The van der Waals surface area contributed by atoms with Gasteiger partial charge < -0.3 is 19.7 Å². The van der Waals surface area contributed by atoms with Crippen molar-refractivity contribution in [2.75, 3.05) is 14.2 Å². The largest absolute Gasteiger partial charge is 0.504 e. The van der Waals surface area contributed by atoms with Gasteiger partial charge in [0.15, 0.2) is 34.6 Å². The Labute approximate surface area is 231 Å². The molecule has 40 heavy (non-hydrogen) atoms. The molecule has 0 unspecified atom stereocenters. The maximum atomic E-state index is 13.3. The molecule has 0 fully saturated rings. The minimum absolute atomic E-state index is 0.0198. The molecule has 0 aliphatic carbocycles. The first-order valence-corrected chi connectivity index (χ1v) is 12.5. The number of rotatable bonds is 12. The van der Waals surface area contributed by atoms with Gasteiger partial charge >= 0.3 is 0 Å². The van der Waals surface area contributed by atoms with E-state index in [2.05, 4.69) is 10.3 Å². The van der Waals surface area contributed by atoms with Crippen LogP contribution in [0.1, 0.15) is 22.4 Å². The van der Waals surface area contributed by atoms with E-state index >= 15 is 0 Å². The highest BCUT2D eigenvalue weighted by atomic mass is 16.5. The number of nitrogens with zero attached hydrogens (tertiary/aromatic N) is 3. The summed E-state index contributed by atoms with van der Waals surface area (Å²) in [6.07, 6.45) is 7.57. The number of ketones is 2. The molecule has 9 heteroatoms. The van der Waals surface area contributed by atoms with Crippen molar-refractivity contribution in [2.45, 2.75) is 13.0 Å². The van der Waals surface area contributed by atoms with Gasteiger partial charge in [0.1, 0.15) is 0 Å². The van der Waals surface area contributed by atoms with Crippen molar-refractivity contribution in [2.24, 2.45) is 5.92 Å². The van der Waals surface area contributed by atoms with E-state index in [1.54, 1.807) is 47.3 Å². The van der Waals surface area contributed by atoms with Crippen molar-refractivity contribution in [1.29, 1.82) is 0 Å². The van der Waals surface area contributed by atoms with Crippen LogP contribution in [0.4, 0.5) is 0 Å². The predicted octanol–water partition coefficient (Wildman–Crippen LogP) is 4.48. The normalized spacial score (nSPS) is 11.4. The Bertz CT molecular complexity index is 1470. The van der Waals surface area contributed by atoms with Gasteiger partial charge in [-0.15, -0.1) is 5.10 Å². The van der Waals surface area contributed by atoms with E-state index in [4.69, 9.17) is 9.47 Å². The summed E-state index contributed by atoms with van der Waals surface area (Å²) in [7, 11) is 2.87. The third-order valence-corrected chi connectivity index (χ3v) is 6.16. The molecule has 0 bridgehead atoms. The molecule has 0 saturated carbocycles. The van der Waals surface area contributed by atoms with E-state index in [1.165, 1.54) is 38.5 Å². The van der Waals surface area contributed by atoms with Gasteiger partial charge in [-0.2, -0.15) is 0 Å². The van der Waals surface area contributed by atoms with Gasteiger partial charge in [0.2, 0.25) is 0 Å². The number of phenolic OH excluding ortho intramolecular Hbond substituents is 2. The Hall–Kier alpha value is -5.18. The van der Waals surface area contributed by atoms with Gasteiger partial charge in [-0.05, 0) is 53.1 Å². The van der Waals surface area contributed by atoms with Crippen LogP contribution >= 0.6 is 0 Å². The van der Waals surface area contributed by atoms with E-state index in [9.17, 15) is 19.8 Å². The maximum absolute atomic E-state index is 13.3. The number of aromatic nitrogens is 3. The zero-order chi connectivity index (χ0) is 28.5. The van der Waals surface area contributed by atoms with Gasteiger partial charge in [0.05, 0.1) is 32.4 Å². The number of ether oxygens (including phenoxy) is 2. The average Bonchev–Trinajstić information content (AvgIpc) is 3.41. The fourth-order valence-corrected chi connectivity index (χ4v) is 4.02. The highest BCUT2D eigenvalue weighted by Crippen LogP contribution is 2.28. The van der Waals surface area contributed by atoms with Gasteiger partial charge in [-0.25, -0.2) is 4.68 Å². The number of carbonyl (C=O) groups is 2. The lowest BCUT2D eigenvalue weighted by Gasteiger charge is -2.09. The topological polar surface area (TPSA) is 124 Å². The van der Waals surface area contributed by atoms with Crippen molar-refractivity contribution >= 4 is 23.7 Å². The minimum Gasteiger partial charge on any atom is -0.504 e. The summed E-state index contributed by atoms with van der Waals surface area (Å²) in [5, 5.41) is 28.0. The minimum atomic E-state index is -1.05. The zero-order valence-electron chi connectivity index (χ0n) is 22.1. The number of allylic oxidation sites excluding steroid dienone is 2. The number of carbonyl (C=O) groups excluding carboxylic acids is 2. The standard InChI is InChI=1S/C31H29N3O6/c1-39-30-16-21(10-14-28(30)37)8-12-26(35)25(27(36)13-9-22-11-15-29(38)31(17-22)40-2)18-24-20-34(33-32-24)19-23-6-4-3-5-7-23/h3-17,20,25,37-38H,18-19H2,1-2H3/b12-8+,13-9+/i12+1,13+1,25+1,26+1,27+1. The molecule has 2 N–H and O–H groups in total. The lowest BCUT2D eigenvalue weighted by molar-refractivity contribution is -0.127. The zero-order valence-corrected chi connectivity index (χ0v) is 22.1. The summed E-state index contributed by atoms with van der Waals surface area (Å²) in [5.41, 5.74) is 2.79. The average molecular weight is 545 g/mol. The molecule has 1 heterocycles. The Morgan fingerprint density at radius 1 is 0.850 bits per heavy atom. The van der Waals surface area contributed by atoms with Crippen LogP contribution in [-0.2, 0) is 22.6 Å². The lowest BCUT2D eigenvalue weighted by atomic mass is 10.2. The first kappa shape index (κ1) is 27.8. The molecule has 0 aliphatic rings. The number of aromatic hydroxyl groups is 2. The quantitative estimate of drug-likeness (QED) is 0.152. The van der Waals surface area contributed by atoms with Crippen molar-refractivity contribution < 1.29 is 29.3 Å². The molecule has 0 aliphatic heterocycles. The predicted molar refractivity (Wildman–Crippen MR) is 150 cm³/mol. The molecular weight excluding hydrogens is 515 g/mol. The monoisotopic (exact) mass is 544 g/mol. The van der Waals surface area contributed by atoms with Crippen LogP contribution < -0.4 is 9.47 Å². The lowest BCUT2D eigenvalue weighted by Crippen LogP contribution is -2.23. The number of hydrogen-bond donors (Lipinski definition) is 2. The van der Waals surface area contributed by atoms with Crippen LogP contribution in [0, 0.1) is 5.92 Å². The number of benzene rings is 3. The molecular formula is C31H29N3O6. The second-order valence-electron chi connectivity index (χ2n) is 8.98. The van der Waals surface area contributed by atoms with Gasteiger partial charge in [0, 0.05) is 12.6 Å². The van der Waals surface area contributed by atoms with E-state index < -0.39 is 17.5 Å². The van der Waals surface area contributed by atoms with E-state index in [-0.39, 0.29) is 29.4 Å². The summed E-state index contributed by atoms with van der Waals surface area (Å²) in [5.74, 6) is -1.38. The highest BCUT2D eigenvalue weighted by Gasteiger charge is 2.25. The third kappa shape index (κ3) is 7.22. The first-order valence-electron chi connectivity index (χ1n) is 12.5. The summed E-state index contributed by atoms with van der Waals surface area (Å²) < 4.78 is 11.9. The number of phenols is 2. The van der Waals surface area contributed by atoms with Crippen molar-refractivity contribution in [3.63, 3.8) is 0 Å². The third-order valence-electron chi connectivity index (χ3n) is 6.16. The Morgan fingerprint density at radius 2 is 1.40 bits per heavy atom. The van der Waals surface area contributed by atoms with E-state index in [0.717, 1.165) is 5.56 Å². The fourth-order valence-electron chi connectivity index (χ4n) is 4.02. The van der Waals surface area contributed by atoms with Crippen LogP contribution in [-0.4, -0.2) is 51.0 Å². The van der Waals surface area contributed by atoms with Crippen LogP contribution in [0.15, 0.2) is 85.1 Å². The van der Waals surface area contributed by atoms with Crippen LogP contribution in [0.3, 0.4) is 0 Å². The van der Waals surface area contributed by atoms with Crippen molar-refractivity contribution in [3.05, 3.63) is 107 Å². The molecule has 204 valence electrons. The maximum Gasteiger partial charge on any atom is 0.166 e. The summed E-state index contributed by atoms with van der Waals surface area (Å²) in [6, 6.07) is 19.1. The Kier molecular flexibility index (Phi) is 9.09. The molecule has 3 aromatic carbocycles. The molecule has 4 rings (SSSR count). The molecule has 0 saturated heterocycles. The van der Waals surface area contributed by atoms with E-state index in [1.807, 2.05) is 30.3 Å².